The van der Waals surface area contributed by atoms with E-state index in [1.807, 2.05) is 30.3 Å². The molecule has 0 spiro atoms. The molecule has 2 rings (SSSR count). The van der Waals surface area contributed by atoms with Crippen molar-refractivity contribution in [2.75, 3.05) is 0 Å². The fourth-order valence-electron chi connectivity index (χ4n) is 1.89. The van der Waals surface area contributed by atoms with Crippen molar-refractivity contribution < 1.29 is 14.3 Å². The first-order valence-electron chi connectivity index (χ1n) is 5.84. The van der Waals surface area contributed by atoms with Crippen LogP contribution >= 0.6 is 0 Å². The van der Waals surface area contributed by atoms with Gasteiger partial charge in [-0.1, -0.05) is 36.4 Å². The van der Waals surface area contributed by atoms with Gasteiger partial charge in [-0.15, -0.1) is 0 Å². The summed E-state index contributed by atoms with van der Waals surface area (Å²) in [6.45, 7) is 1.65. The summed E-state index contributed by atoms with van der Waals surface area (Å²) >= 11 is 0. The van der Waals surface area contributed by atoms with Crippen molar-refractivity contribution in [2.24, 2.45) is 0 Å². The first kappa shape index (κ1) is 13.0. The van der Waals surface area contributed by atoms with E-state index < -0.39 is 5.97 Å². The van der Waals surface area contributed by atoms with Gasteiger partial charge in [0.2, 0.25) is 0 Å². The molecule has 0 amide bonds. The van der Waals surface area contributed by atoms with E-state index in [2.05, 4.69) is 0 Å². The Kier molecular flexibility index (Phi) is 3.76. The van der Waals surface area contributed by atoms with Crippen molar-refractivity contribution in [2.45, 2.75) is 6.92 Å². The number of aryl methyl sites for hydroxylation is 1. The van der Waals surface area contributed by atoms with Crippen LogP contribution in [-0.2, 0) is 4.79 Å². The highest BCUT2D eigenvalue weighted by molar-refractivity contribution is 5.95. The summed E-state index contributed by atoms with van der Waals surface area (Å²) in [4.78, 5) is 11.0. The van der Waals surface area contributed by atoms with Crippen LogP contribution in [0.3, 0.4) is 0 Å². The summed E-state index contributed by atoms with van der Waals surface area (Å²) in [5.74, 6) is -1.33. The van der Waals surface area contributed by atoms with Crippen LogP contribution in [0.5, 0.6) is 0 Å². The van der Waals surface area contributed by atoms with Crippen LogP contribution in [0.25, 0.3) is 5.57 Å². The van der Waals surface area contributed by atoms with Crippen molar-refractivity contribution in [1.82, 2.24) is 0 Å². The minimum Gasteiger partial charge on any atom is -0.478 e. The van der Waals surface area contributed by atoms with Gasteiger partial charge in [0.15, 0.2) is 0 Å². The highest BCUT2D eigenvalue weighted by atomic mass is 19.1. The fourth-order valence-corrected chi connectivity index (χ4v) is 1.89. The van der Waals surface area contributed by atoms with Gasteiger partial charge in [0.25, 0.3) is 0 Å². The SMILES string of the molecule is Cc1cc(/C(=C/C(=O)O)c2ccccc2)ccc1F. The Labute approximate surface area is 110 Å². The number of hydrogen-bond donors (Lipinski definition) is 1. The summed E-state index contributed by atoms with van der Waals surface area (Å²) in [5, 5.41) is 8.98. The predicted octanol–water partition coefficient (Wildman–Crippen LogP) is 3.65. The molecule has 3 heteroatoms. The number of rotatable bonds is 3. The van der Waals surface area contributed by atoms with E-state index in [-0.39, 0.29) is 5.82 Å². The van der Waals surface area contributed by atoms with E-state index >= 15 is 0 Å². The van der Waals surface area contributed by atoms with Crippen LogP contribution in [0.1, 0.15) is 16.7 Å². The number of aliphatic carboxylic acids is 1. The Balaban J connectivity index is 2.56. The second kappa shape index (κ2) is 5.48. The number of halogens is 1. The molecule has 0 unspecified atom stereocenters. The minimum atomic E-state index is -1.03. The number of benzene rings is 2. The summed E-state index contributed by atoms with van der Waals surface area (Å²) < 4.78 is 13.3. The van der Waals surface area contributed by atoms with Gasteiger partial charge < -0.3 is 5.11 Å². The van der Waals surface area contributed by atoms with Gasteiger partial charge in [0, 0.05) is 6.08 Å². The fraction of sp³-hybridized carbons (Fsp3) is 0.0625. The Morgan fingerprint density at radius 3 is 2.37 bits per heavy atom. The third-order valence-corrected chi connectivity index (χ3v) is 2.82. The maximum atomic E-state index is 13.3. The maximum Gasteiger partial charge on any atom is 0.328 e. The maximum absolute atomic E-state index is 13.3. The molecule has 96 valence electrons. The van der Waals surface area contributed by atoms with Gasteiger partial charge in [-0.2, -0.15) is 0 Å². The molecular formula is C16H13FO2. The van der Waals surface area contributed by atoms with Crippen LogP contribution < -0.4 is 0 Å². The topological polar surface area (TPSA) is 37.3 Å². The van der Waals surface area contributed by atoms with Gasteiger partial charge in [-0.05, 0) is 41.3 Å². The molecule has 0 aliphatic carbocycles. The van der Waals surface area contributed by atoms with E-state index in [9.17, 15) is 9.18 Å². The lowest BCUT2D eigenvalue weighted by Crippen LogP contribution is -1.96. The van der Waals surface area contributed by atoms with Crippen LogP contribution in [0.2, 0.25) is 0 Å². The zero-order valence-corrected chi connectivity index (χ0v) is 10.4. The molecule has 1 N–H and O–H groups in total. The van der Waals surface area contributed by atoms with E-state index in [0.29, 0.717) is 16.7 Å². The summed E-state index contributed by atoms with van der Waals surface area (Å²) in [6.07, 6.45) is 1.14. The van der Waals surface area contributed by atoms with Gasteiger partial charge >= 0.3 is 5.97 Å². The number of carbonyl (C=O) groups is 1. The first-order valence-corrected chi connectivity index (χ1v) is 5.84. The van der Waals surface area contributed by atoms with Gasteiger partial charge in [0.05, 0.1) is 0 Å². The Morgan fingerprint density at radius 2 is 1.79 bits per heavy atom. The van der Waals surface area contributed by atoms with Crippen molar-refractivity contribution in [3.8, 4) is 0 Å². The number of hydrogen-bond acceptors (Lipinski definition) is 1. The quantitative estimate of drug-likeness (QED) is 0.851. The number of carboxylic acids is 1. The summed E-state index contributed by atoms with van der Waals surface area (Å²) in [7, 11) is 0. The van der Waals surface area contributed by atoms with Crippen LogP contribution in [0.4, 0.5) is 4.39 Å². The molecule has 2 aromatic rings. The lowest BCUT2D eigenvalue weighted by Gasteiger charge is -2.09. The van der Waals surface area contributed by atoms with Crippen LogP contribution in [0, 0.1) is 12.7 Å². The van der Waals surface area contributed by atoms with E-state index in [4.69, 9.17) is 5.11 Å². The molecule has 0 bridgehead atoms. The molecule has 2 aromatic carbocycles. The normalized spacial score (nSPS) is 11.4. The Bertz CT molecular complexity index is 630. The summed E-state index contributed by atoms with van der Waals surface area (Å²) in [6, 6.07) is 13.8. The van der Waals surface area contributed by atoms with Crippen molar-refractivity contribution >= 4 is 11.5 Å². The largest absolute Gasteiger partial charge is 0.478 e. The Hall–Kier alpha value is -2.42. The highest BCUT2D eigenvalue weighted by Crippen LogP contribution is 2.24. The monoisotopic (exact) mass is 256 g/mol. The molecule has 0 heterocycles. The highest BCUT2D eigenvalue weighted by Gasteiger charge is 2.08. The van der Waals surface area contributed by atoms with E-state index in [1.54, 1.807) is 19.1 Å². The zero-order valence-electron chi connectivity index (χ0n) is 10.4. The third-order valence-electron chi connectivity index (χ3n) is 2.82. The molecule has 0 saturated heterocycles. The molecule has 0 fully saturated rings. The molecule has 19 heavy (non-hydrogen) atoms. The average Bonchev–Trinajstić information content (AvgIpc) is 2.40. The van der Waals surface area contributed by atoms with Crippen molar-refractivity contribution in [3.63, 3.8) is 0 Å². The molecule has 0 atom stereocenters. The van der Waals surface area contributed by atoms with Gasteiger partial charge in [-0.3, -0.25) is 0 Å². The van der Waals surface area contributed by atoms with Crippen LogP contribution in [-0.4, -0.2) is 11.1 Å². The third kappa shape index (κ3) is 3.07. The Morgan fingerprint density at radius 1 is 1.11 bits per heavy atom. The smallest absolute Gasteiger partial charge is 0.328 e. The molecule has 0 radical (unpaired) electrons. The lowest BCUT2D eigenvalue weighted by molar-refractivity contribution is -0.131. The van der Waals surface area contributed by atoms with Crippen LogP contribution in [0.15, 0.2) is 54.6 Å². The lowest BCUT2D eigenvalue weighted by atomic mass is 9.96. The zero-order chi connectivity index (χ0) is 13.8. The molecule has 0 saturated carbocycles. The molecule has 0 aromatic heterocycles. The second-order valence-corrected chi connectivity index (χ2v) is 4.23. The summed E-state index contributed by atoms with van der Waals surface area (Å²) in [5.41, 5.74) is 2.53. The van der Waals surface area contributed by atoms with Gasteiger partial charge in [-0.25, -0.2) is 9.18 Å². The number of carboxylic acid groups (broad SMARTS) is 1. The molecular weight excluding hydrogens is 243 g/mol. The molecule has 0 aliphatic rings. The van der Waals surface area contributed by atoms with E-state index in [0.717, 1.165) is 11.6 Å². The minimum absolute atomic E-state index is 0.300. The average molecular weight is 256 g/mol. The van der Waals surface area contributed by atoms with Crippen molar-refractivity contribution in [3.05, 3.63) is 77.1 Å². The molecule has 0 aliphatic heterocycles. The van der Waals surface area contributed by atoms with E-state index in [1.165, 1.54) is 6.07 Å². The first-order chi connectivity index (χ1) is 9.08. The second-order valence-electron chi connectivity index (χ2n) is 4.23. The standard InChI is InChI=1S/C16H13FO2/c1-11-9-13(7-8-15(11)17)14(10-16(18)19)12-5-3-2-4-6-12/h2-10H,1H3,(H,18,19)/b14-10+. The van der Waals surface area contributed by atoms with Crippen molar-refractivity contribution in [1.29, 1.82) is 0 Å². The van der Waals surface area contributed by atoms with Gasteiger partial charge in [0.1, 0.15) is 5.82 Å². The predicted molar refractivity (Wildman–Crippen MR) is 72.3 cm³/mol. The molecule has 2 nitrogen and oxygen atoms in total.